The highest BCUT2D eigenvalue weighted by Crippen LogP contribution is 2.46. The molecule has 8 nitrogen and oxygen atoms in total. The lowest BCUT2D eigenvalue weighted by Gasteiger charge is -2.22. The summed E-state index contributed by atoms with van der Waals surface area (Å²) in [5.74, 6) is 3.49. The first kappa shape index (κ1) is 52.6. The Balaban J connectivity index is 2.76. The van der Waals surface area contributed by atoms with E-state index in [0.29, 0.717) is 91.0 Å². The van der Waals surface area contributed by atoms with E-state index in [9.17, 15) is 4.79 Å². The highest BCUT2D eigenvalue weighted by atomic mass is 16.5. The molecule has 2 aromatic rings. The summed E-state index contributed by atoms with van der Waals surface area (Å²) < 4.78 is 44.8. The van der Waals surface area contributed by atoms with Crippen LogP contribution in [0.4, 0.5) is 0 Å². The number of ketones is 1. The van der Waals surface area contributed by atoms with Gasteiger partial charge in [-0.3, -0.25) is 4.79 Å². The van der Waals surface area contributed by atoms with Crippen molar-refractivity contribution in [2.24, 2.45) is 0 Å². The number of hydrogen-bond acceptors (Lipinski definition) is 8. The van der Waals surface area contributed by atoms with Gasteiger partial charge in [0.05, 0.1) is 46.8 Å². The van der Waals surface area contributed by atoms with Crippen molar-refractivity contribution in [3.8, 4) is 40.2 Å². The van der Waals surface area contributed by atoms with E-state index in [1.165, 1.54) is 12.8 Å². The number of carbonyl (C=O) groups excluding carboxylic acids is 1. The van der Waals surface area contributed by atoms with Crippen molar-refractivity contribution < 1.29 is 38.0 Å². The molecule has 342 valence electrons. The van der Waals surface area contributed by atoms with E-state index >= 15 is 0 Å². The van der Waals surface area contributed by atoms with Crippen LogP contribution in [0.3, 0.4) is 0 Å². The number of methoxy groups -OCH3 is 1. The molecule has 0 fully saturated rings. The molecule has 2 rings (SSSR count). The average molecular weight is 839 g/mol. The van der Waals surface area contributed by atoms with Crippen LogP contribution in [0, 0.1) is 0 Å². The zero-order valence-electron chi connectivity index (χ0n) is 39.4. The highest BCUT2D eigenvalue weighted by molar-refractivity contribution is 6.12. The summed E-state index contributed by atoms with van der Waals surface area (Å²) in [5.41, 5.74) is 1.05. The smallest absolute Gasteiger partial charge is 0.193 e. The molecular formula is C52H86O8. The maximum Gasteiger partial charge on any atom is 0.193 e. The molecule has 0 N–H and O–H groups in total. The molecule has 60 heavy (non-hydrogen) atoms. The molecule has 0 heterocycles. The summed E-state index contributed by atoms with van der Waals surface area (Å²) in [7, 11) is 1.65. The van der Waals surface area contributed by atoms with Crippen LogP contribution in [0.25, 0.3) is 6.08 Å². The Morgan fingerprint density at radius 3 is 1.17 bits per heavy atom. The molecule has 0 unspecified atom stereocenters. The summed E-state index contributed by atoms with van der Waals surface area (Å²) in [5, 5.41) is 0. The van der Waals surface area contributed by atoms with Gasteiger partial charge in [0, 0.05) is 17.7 Å². The molecule has 0 amide bonds. The second kappa shape index (κ2) is 35.1. The first-order valence-electron chi connectivity index (χ1n) is 24.4. The zero-order chi connectivity index (χ0) is 43.5. The van der Waals surface area contributed by atoms with Crippen molar-refractivity contribution in [1.82, 2.24) is 0 Å². The Kier molecular flexibility index (Phi) is 30.8. The monoisotopic (exact) mass is 839 g/mol. The first-order valence-corrected chi connectivity index (χ1v) is 24.4. The van der Waals surface area contributed by atoms with Crippen LogP contribution in [0.2, 0.25) is 0 Å². The lowest BCUT2D eigenvalue weighted by atomic mass is 10.0. The van der Waals surface area contributed by atoms with Gasteiger partial charge in [-0.2, -0.15) is 0 Å². The third-order valence-electron chi connectivity index (χ3n) is 10.6. The van der Waals surface area contributed by atoms with Gasteiger partial charge in [-0.1, -0.05) is 157 Å². The fraction of sp³-hybridized carbons (Fsp3) is 0.712. The Morgan fingerprint density at radius 2 is 0.783 bits per heavy atom. The maximum absolute atomic E-state index is 15.0. The number of rotatable bonds is 40. The van der Waals surface area contributed by atoms with E-state index in [1.807, 2.05) is 24.3 Å². The molecule has 0 saturated carbocycles. The molecule has 0 radical (unpaired) electrons. The number of benzene rings is 2. The number of ether oxygens (including phenoxy) is 7. The van der Waals surface area contributed by atoms with E-state index in [1.54, 1.807) is 13.2 Å². The fourth-order valence-electron chi connectivity index (χ4n) is 6.93. The Hall–Kier alpha value is -3.55. The number of unbranched alkanes of at least 4 members (excludes halogenated alkanes) is 18. The topological polar surface area (TPSA) is 81.7 Å². The number of carbonyl (C=O) groups is 1. The molecule has 8 heteroatoms. The van der Waals surface area contributed by atoms with Crippen LogP contribution >= 0.6 is 0 Å². The highest BCUT2D eigenvalue weighted by Gasteiger charge is 2.28. The molecule has 0 aliphatic heterocycles. The van der Waals surface area contributed by atoms with Crippen LogP contribution in [0.5, 0.6) is 40.2 Å². The van der Waals surface area contributed by atoms with Gasteiger partial charge in [0.2, 0.25) is 0 Å². The lowest BCUT2D eigenvalue weighted by molar-refractivity contribution is 0.103. The molecule has 2 aromatic carbocycles. The second-order valence-corrected chi connectivity index (χ2v) is 16.1. The number of allylic oxidation sites excluding steroid dienone is 1. The van der Waals surface area contributed by atoms with Gasteiger partial charge in [-0.15, -0.1) is 0 Å². The van der Waals surface area contributed by atoms with Crippen LogP contribution in [0.15, 0.2) is 24.3 Å². The summed E-state index contributed by atoms with van der Waals surface area (Å²) >= 11 is 0. The molecule has 0 aliphatic carbocycles. The van der Waals surface area contributed by atoms with Crippen molar-refractivity contribution in [2.75, 3.05) is 46.8 Å². The average Bonchev–Trinajstić information content (AvgIpc) is 3.25. The van der Waals surface area contributed by atoms with Gasteiger partial charge >= 0.3 is 0 Å². The molecule has 0 atom stereocenters. The lowest BCUT2D eigenvalue weighted by Crippen LogP contribution is -2.12. The minimum atomic E-state index is -0.256. The largest absolute Gasteiger partial charge is 0.493 e. The summed E-state index contributed by atoms with van der Waals surface area (Å²) in [6.07, 6.45) is 29.1. The van der Waals surface area contributed by atoms with E-state index < -0.39 is 0 Å². The van der Waals surface area contributed by atoms with Gasteiger partial charge in [-0.25, -0.2) is 0 Å². The first-order chi connectivity index (χ1) is 29.5. The summed E-state index contributed by atoms with van der Waals surface area (Å²) in [4.78, 5) is 15.0. The molecule has 0 spiro atoms. The molecule has 0 saturated heterocycles. The third kappa shape index (κ3) is 21.3. The van der Waals surface area contributed by atoms with Gasteiger partial charge in [0.15, 0.2) is 40.3 Å². The van der Waals surface area contributed by atoms with Gasteiger partial charge < -0.3 is 33.2 Å². The Bertz CT molecular complexity index is 1370. The van der Waals surface area contributed by atoms with Crippen LogP contribution in [0.1, 0.15) is 212 Å². The normalized spacial score (nSPS) is 11.2. The standard InChI is InChI=1S/C52H86O8/c1-8-14-20-26-34-55-44-40-43(50(46(41-44)54-7)58-37-29-23-17-11-4)32-33-45(53)49-51(59-38-30-24-18-12-5)47(56-35-27-21-15-9-2)42-48(57-36-28-22-16-10-3)52(49)60-39-31-25-19-13-6/h32-33,40-42H,8-31,34-39H2,1-7H3/b33-32+. The molecule has 0 aliphatic rings. The molecule has 0 bridgehead atoms. The van der Waals surface area contributed by atoms with Crippen molar-refractivity contribution in [3.05, 3.63) is 35.4 Å². The van der Waals surface area contributed by atoms with Crippen molar-refractivity contribution >= 4 is 11.9 Å². The maximum atomic E-state index is 15.0. The van der Waals surface area contributed by atoms with Crippen molar-refractivity contribution in [1.29, 1.82) is 0 Å². The van der Waals surface area contributed by atoms with Crippen LogP contribution in [-0.2, 0) is 0 Å². The minimum Gasteiger partial charge on any atom is -0.493 e. The molecule has 0 aromatic heterocycles. The second-order valence-electron chi connectivity index (χ2n) is 16.1. The molecular weight excluding hydrogens is 753 g/mol. The minimum absolute atomic E-state index is 0.256. The van der Waals surface area contributed by atoms with E-state index in [4.69, 9.17) is 33.2 Å². The quantitative estimate of drug-likeness (QED) is 0.0373. The van der Waals surface area contributed by atoms with Crippen molar-refractivity contribution in [2.45, 2.75) is 196 Å². The predicted octanol–water partition coefficient (Wildman–Crippen LogP) is 15.3. The third-order valence-corrected chi connectivity index (χ3v) is 10.6. The van der Waals surface area contributed by atoms with Crippen molar-refractivity contribution in [3.63, 3.8) is 0 Å². The summed E-state index contributed by atoms with van der Waals surface area (Å²) in [6, 6.07) is 5.74. The van der Waals surface area contributed by atoms with Crippen LogP contribution in [-0.4, -0.2) is 52.5 Å². The number of hydrogen-bond donors (Lipinski definition) is 0. The van der Waals surface area contributed by atoms with Crippen LogP contribution < -0.4 is 33.2 Å². The SMILES string of the molecule is CCCCCCOc1cc(/C=C/C(=O)c2c(OCCCCCC)c(OCCCCCC)cc(OCCCCCC)c2OCCCCCC)c(OCCCCCC)c(OC)c1. The predicted molar refractivity (Wildman–Crippen MR) is 251 cm³/mol. The summed E-state index contributed by atoms with van der Waals surface area (Å²) in [6.45, 7) is 16.4. The van der Waals surface area contributed by atoms with E-state index in [2.05, 4.69) is 41.5 Å². The fourth-order valence-corrected chi connectivity index (χ4v) is 6.93. The van der Waals surface area contributed by atoms with Gasteiger partial charge in [0.25, 0.3) is 0 Å². The van der Waals surface area contributed by atoms with E-state index in [-0.39, 0.29) is 5.78 Å². The Labute approximate surface area is 366 Å². The van der Waals surface area contributed by atoms with Gasteiger partial charge in [-0.05, 0) is 56.7 Å². The van der Waals surface area contributed by atoms with E-state index in [0.717, 1.165) is 141 Å². The Morgan fingerprint density at radius 1 is 0.417 bits per heavy atom. The van der Waals surface area contributed by atoms with Gasteiger partial charge in [0.1, 0.15) is 11.3 Å². The zero-order valence-corrected chi connectivity index (χ0v) is 39.4.